The number of anilines is 1. The predicted octanol–water partition coefficient (Wildman–Crippen LogP) is 2.93. The van der Waals surface area contributed by atoms with E-state index in [2.05, 4.69) is 5.32 Å². The van der Waals surface area contributed by atoms with E-state index in [1.807, 2.05) is 37.3 Å². The second kappa shape index (κ2) is 8.12. The lowest BCUT2D eigenvalue weighted by molar-refractivity contribution is -0.117. The van der Waals surface area contributed by atoms with Gasteiger partial charge in [0.2, 0.25) is 5.91 Å². The van der Waals surface area contributed by atoms with Crippen molar-refractivity contribution >= 4 is 17.5 Å². The highest BCUT2D eigenvalue weighted by atomic mass is 16.5. The molecule has 0 aromatic heterocycles. The van der Waals surface area contributed by atoms with Crippen molar-refractivity contribution in [3.05, 3.63) is 53.1 Å². The number of ether oxygens (including phenoxy) is 2. The summed E-state index contributed by atoms with van der Waals surface area (Å²) in [6.45, 7) is 3.12. The Labute approximate surface area is 159 Å². The van der Waals surface area contributed by atoms with Gasteiger partial charge in [-0.3, -0.25) is 9.59 Å². The van der Waals surface area contributed by atoms with Gasteiger partial charge in [0, 0.05) is 24.3 Å². The zero-order valence-electron chi connectivity index (χ0n) is 15.9. The molecule has 2 amide bonds. The molecule has 0 atom stereocenters. The van der Waals surface area contributed by atoms with Gasteiger partial charge in [0.15, 0.2) is 11.5 Å². The van der Waals surface area contributed by atoms with Crippen molar-refractivity contribution < 1.29 is 19.1 Å². The molecule has 0 radical (unpaired) electrons. The highest BCUT2D eigenvalue weighted by Crippen LogP contribution is 2.30. The average Bonchev–Trinajstić information content (AvgIpc) is 3.00. The summed E-state index contributed by atoms with van der Waals surface area (Å²) < 4.78 is 10.5. The smallest absolute Gasteiger partial charge is 0.251 e. The minimum Gasteiger partial charge on any atom is -0.493 e. The third-order valence-electron chi connectivity index (χ3n) is 4.62. The van der Waals surface area contributed by atoms with Crippen LogP contribution in [-0.4, -0.2) is 32.6 Å². The SMILES string of the molecule is CCCN1C(=O)Cc2cc(C(=O)NCc3ccc(OC)c(OC)c3)ccc21. The average molecular weight is 368 g/mol. The summed E-state index contributed by atoms with van der Waals surface area (Å²) in [4.78, 5) is 26.4. The predicted molar refractivity (Wildman–Crippen MR) is 104 cm³/mol. The van der Waals surface area contributed by atoms with Gasteiger partial charge >= 0.3 is 0 Å². The number of carbonyl (C=O) groups is 2. The zero-order valence-corrected chi connectivity index (χ0v) is 15.9. The van der Waals surface area contributed by atoms with Gasteiger partial charge in [0.05, 0.1) is 20.6 Å². The Bertz CT molecular complexity index is 863. The Hall–Kier alpha value is -3.02. The van der Waals surface area contributed by atoms with E-state index in [-0.39, 0.29) is 11.8 Å². The molecular formula is C21H24N2O4. The summed E-state index contributed by atoms with van der Waals surface area (Å²) in [6.07, 6.45) is 1.25. The number of carbonyl (C=O) groups excluding carboxylic acids is 2. The highest BCUT2D eigenvalue weighted by Gasteiger charge is 2.27. The van der Waals surface area contributed by atoms with Gasteiger partial charge in [0.25, 0.3) is 5.91 Å². The minimum atomic E-state index is -0.172. The van der Waals surface area contributed by atoms with Crippen LogP contribution in [0.3, 0.4) is 0 Å². The van der Waals surface area contributed by atoms with Crippen molar-refractivity contribution in [3.8, 4) is 11.5 Å². The lowest BCUT2D eigenvalue weighted by Gasteiger charge is -2.16. The molecule has 2 aromatic carbocycles. The number of hydrogen-bond acceptors (Lipinski definition) is 4. The van der Waals surface area contributed by atoms with Gasteiger partial charge in [-0.25, -0.2) is 0 Å². The number of amides is 2. The molecule has 1 heterocycles. The lowest BCUT2D eigenvalue weighted by atomic mass is 10.1. The molecule has 6 heteroatoms. The van der Waals surface area contributed by atoms with Crippen molar-refractivity contribution in [1.82, 2.24) is 5.32 Å². The summed E-state index contributed by atoms with van der Waals surface area (Å²) in [6, 6.07) is 11.0. The first-order valence-corrected chi connectivity index (χ1v) is 8.99. The van der Waals surface area contributed by atoms with Gasteiger partial charge in [0.1, 0.15) is 0 Å². The normalized spacial score (nSPS) is 12.7. The first kappa shape index (κ1) is 18.8. The van der Waals surface area contributed by atoms with E-state index in [0.717, 1.165) is 23.2 Å². The summed E-state index contributed by atoms with van der Waals surface area (Å²) >= 11 is 0. The summed E-state index contributed by atoms with van der Waals surface area (Å²) in [7, 11) is 3.16. The van der Waals surface area contributed by atoms with Crippen LogP contribution in [0.15, 0.2) is 36.4 Å². The number of nitrogens with zero attached hydrogens (tertiary/aromatic N) is 1. The molecule has 1 N–H and O–H groups in total. The van der Waals surface area contributed by atoms with E-state index in [0.29, 0.717) is 36.6 Å². The number of benzene rings is 2. The Balaban J connectivity index is 1.69. The van der Waals surface area contributed by atoms with Crippen LogP contribution in [0.2, 0.25) is 0 Å². The number of hydrogen-bond donors (Lipinski definition) is 1. The van der Waals surface area contributed by atoms with Crippen LogP contribution in [0, 0.1) is 0 Å². The molecular weight excluding hydrogens is 344 g/mol. The third-order valence-corrected chi connectivity index (χ3v) is 4.62. The van der Waals surface area contributed by atoms with Crippen molar-refractivity contribution in [2.45, 2.75) is 26.3 Å². The second-order valence-electron chi connectivity index (χ2n) is 6.44. The fourth-order valence-corrected chi connectivity index (χ4v) is 3.27. The first-order valence-electron chi connectivity index (χ1n) is 8.99. The van der Waals surface area contributed by atoms with Crippen LogP contribution in [0.4, 0.5) is 5.69 Å². The zero-order chi connectivity index (χ0) is 19.4. The fraction of sp³-hybridized carbons (Fsp3) is 0.333. The van der Waals surface area contributed by atoms with Crippen molar-refractivity contribution in [2.75, 3.05) is 25.7 Å². The number of nitrogens with one attached hydrogen (secondary N) is 1. The number of methoxy groups -OCH3 is 2. The van der Waals surface area contributed by atoms with E-state index in [4.69, 9.17) is 9.47 Å². The van der Waals surface area contributed by atoms with Crippen LogP contribution in [0.5, 0.6) is 11.5 Å². The topological polar surface area (TPSA) is 67.9 Å². The van der Waals surface area contributed by atoms with Crippen LogP contribution >= 0.6 is 0 Å². The molecule has 1 aliphatic heterocycles. The van der Waals surface area contributed by atoms with E-state index >= 15 is 0 Å². The van der Waals surface area contributed by atoms with Crippen molar-refractivity contribution in [3.63, 3.8) is 0 Å². The third kappa shape index (κ3) is 3.89. The molecule has 0 spiro atoms. The summed E-state index contributed by atoms with van der Waals surface area (Å²) in [5.41, 5.74) is 3.29. The number of rotatable bonds is 7. The maximum atomic E-state index is 12.5. The van der Waals surface area contributed by atoms with Crippen molar-refractivity contribution in [2.24, 2.45) is 0 Å². The molecule has 0 aliphatic carbocycles. The Kier molecular flexibility index (Phi) is 5.64. The monoisotopic (exact) mass is 368 g/mol. The molecule has 2 aromatic rings. The van der Waals surface area contributed by atoms with Crippen LogP contribution < -0.4 is 19.7 Å². The molecule has 27 heavy (non-hydrogen) atoms. The summed E-state index contributed by atoms with van der Waals surface area (Å²) in [5, 5.41) is 2.91. The molecule has 0 unspecified atom stereocenters. The molecule has 0 fully saturated rings. The largest absolute Gasteiger partial charge is 0.493 e. The van der Waals surface area contributed by atoms with Gasteiger partial charge < -0.3 is 19.7 Å². The van der Waals surface area contributed by atoms with Crippen LogP contribution in [0.25, 0.3) is 0 Å². The minimum absolute atomic E-state index is 0.0923. The van der Waals surface area contributed by atoms with E-state index in [1.54, 1.807) is 25.2 Å². The molecule has 0 saturated carbocycles. The van der Waals surface area contributed by atoms with Gasteiger partial charge in [-0.1, -0.05) is 13.0 Å². The highest BCUT2D eigenvalue weighted by molar-refractivity contribution is 6.03. The fourth-order valence-electron chi connectivity index (χ4n) is 3.27. The molecule has 3 rings (SSSR count). The van der Waals surface area contributed by atoms with E-state index in [1.165, 1.54) is 0 Å². The van der Waals surface area contributed by atoms with Crippen LogP contribution in [0.1, 0.15) is 34.8 Å². The maximum absolute atomic E-state index is 12.5. The first-order chi connectivity index (χ1) is 13.1. The van der Waals surface area contributed by atoms with Crippen molar-refractivity contribution in [1.29, 1.82) is 0 Å². The molecule has 142 valence electrons. The van der Waals surface area contributed by atoms with Gasteiger partial charge in [-0.2, -0.15) is 0 Å². The Morgan fingerprint density at radius 2 is 1.89 bits per heavy atom. The van der Waals surface area contributed by atoms with E-state index in [9.17, 15) is 9.59 Å². The lowest BCUT2D eigenvalue weighted by Crippen LogP contribution is -2.27. The van der Waals surface area contributed by atoms with Gasteiger partial charge in [-0.05, 0) is 47.9 Å². The molecule has 0 saturated heterocycles. The quantitative estimate of drug-likeness (QED) is 0.816. The molecule has 0 bridgehead atoms. The second-order valence-corrected chi connectivity index (χ2v) is 6.44. The van der Waals surface area contributed by atoms with E-state index < -0.39 is 0 Å². The maximum Gasteiger partial charge on any atom is 0.251 e. The molecule has 6 nitrogen and oxygen atoms in total. The Morgan fingerprint density at radius 1 is 1.11 bits per heavy atom. The Morgan fingerprint density at radius 3 is 2.59 bits per heavy atom. The molecule has 1 aliphatic rings. The standard InChI is InChI=1S/C21H24N2O4/c1-4-9-23-17-7-6-15(11-16(17)12-20(23)24)21(25)22-13-14-5-8-18(26-2)19(10-14)27-3/h5-8,10-11H,4,9,12-13H2,1-3H3,(H,22,25). The summed E-state index contributed by atoms with van der Waals surface area (Å²) in [5.74, 6) is 1.19. The number of fused-ring (bicyclic) bond motifs is 1. The van der Waals surface area contributed by atoms with Gasteiger partial charge in [-0.15, -0.1) is 0 Å². The van der Waals surface area contributed by atoms with Crippen LogP contribution in [-0.2, 0) is 17.8 Å².